The first-order valence-corrected chi connectivity index (χ1v) is 11.5. The molecule has 174 valence electrons. The van der Waals surface area contributed by atoms with Gasteiger partial charge in [-0.3, -0.25) is 4.79 Å². The fourth-order valence-corrected chi connectivity index (χ4v) is 4.31. The van der Waals surface area contributed by atoms with Gasteiger partial charge in [-0.2, -0.15) is 0 Å². The lowest BCUT2D eigenvalue weighted by molar-refractivity contribution is -0.119. The minimum absolute atomic E-state index is 0.0733. The summed E-state index contributed by atoms with van der Waals surface area (Å²) in [7, 11) is 0. The minimum Gasteiger partial charge on any atom is -0.379 e. The Labute approximate surface area is 197 Å². The Kier molecular flexibility index (Phi) is 7.00. The number of hydrogen-bond donors (Lipinski definition) is 3. The van der Waals surface area contributed by atoms with Gasteiger partial charge in [-0.15, -0.1) is 0 Å². The lowest BCUT2D eigenvalue weighted by Crippen LogP contribution is -2.25. The maximum Gasteiger partial charge on any atom is 0.227 e. The molecular formula is C25H28ClFN4O2. The highest BCUT2D eigenvalue weighted by Gasteiger charge is 2.21. The third-order valence-electron chi connectivity index (χ3n) is 5.99. The second kappa shape index (κ2) is 9.93. The van der Waals surface area contributed by atoms with E-state index in [9.17, 15) is 9.18 Å². The molecule has 4 rings (SSSR count). The van der Waals surface area contributed by atoms with Gasteiger partial charge in [0.25, 0.3) is 0 Å². The monoisotopic (exact) mass is 470 g/mol. The molecule has 2 aromatic carbocycles. The van der Waals surface area contributed by atoms with Gasteiger partial charge in [0.15, 0.2) is 0 Å². The first kappa shape index (κ1) is 23.3. The Bertz CT molecular complexity index is 1140. The van der Waals surface area contributed by atoms with Gasteiger partial charge in [0.1, 0.15) is 11.6 Å². The normalized spacial score (nSPS) is 16.6. The molecule has 33 heavy (non-hydrogen) atoms. The van der Waals surface area contributed by atoms with Gasteiger partial charge in [0.05, 0.1) is 22.1 Å². The fraction of sp³-hybridized carbons (Fsp3) is 0.360. The van der Waals surface area contributed by atoms with Gasteiger partial charge >= 0.3 is 0 Å². The third kappa shape index (κ3) is 5.37. The van der Waals surface area contributed by atoms with E-state index in [1.807, 2.05) is 39.0 Å². The summed E-state index contributed by atoms with van der Waals surface area (Å²) in [6.07, 6.45) is 1.41. The van der Waals surface area contributed by atoms with Crippen molar-refractivity contribution in [3.63, 3.8) is 0 Å². The Morgan fingerprint density at radius 1 is 1.27 bits per heavy atom. The summed E-state index contributed by atoms with van der Waals surface area (Å²) < 4.78 is 19.1. The molecular weight excluding hydrogens is 443 g/mol. The second-order valence-corrected chi connectivity index (χ2v) is 9.04. The molecule has 1 aliphatic heterocycles. The van der Waals surface area contributed by atoms with E-state index in [-0.39, 0.29) is 16.8 Å². The van der Waals surface area contributed by atoms with Crippen LogP contribution >= 0.6 is 11.6 Å². The van der Waals surface area contributed by atoms with Crippen LogP contribution in [0.4, 0.5) is 15.8 Å². The smallest absolute Gasteiger partial charge is 0.227 e. The van der Waals surface area contributed by atoms with Crippen LogP contribution in [0, 0.1) is 25.6 Å². The number of anilines is 2. The Hall–Kier alpha value is -2.90. The lowest BCUT2D eigenvalue weighted by Gasteiger charge is -2.20. The first-order chi connectivity index (χ1) is 15.8. The van der Waals surface area contributed by atoms with E-state index < -0.39 is 5.82 Å². The van der Waals surface area contributed by atoms with Gasteiger partial charge in [0.2, 0.25) is 5.91 Å². The molecule has 1 amide bonds. The third-order valence-corrected chi connectivity index (χ3v) is 6.30. The number of carbonyl (C=O) groups excluding carboxylic acids is 1. The molecule has 1 saturated heterocycles. The predicted octanol–water partition coefficient (Wildman–Crippen LogP) is 5.34. The molecule has 0 unspecified atom stereocenters. The highest BCUT2D eigenvalue weighted by molar-refractivity contribution is 6.30. The van der Waals surface area contributed by atoms with Gasteiger partial charge in [0, 0.05) is 24.1 Å². The summed E-state index contributed by atoms with van der Waals surface area (Å²) in [6.45, 7) is 7.43. The number of rotatable bonds is 7. The lowest BCUT2D eigenvalue weighted by atomic mass is 9.99. The van der Waals surface area contributed by atoms with Crippen LogP contribution in [0.1, 0.15) is 30.4 Å². The van der Waals surface area contributed by atoms with Crippen molar-refractivity contribution in [3.8, 4) is 11.1 Å². The van der Waals surface area contributed by atoms with Crippen molar-refractivity contribution in [3.05, 3.63) is 64.3 Å². The number of amides is 1. The molecule has 0 saturated carbocycles. The largest absolute Gasteiger partial charge is 0.379 e. The average molecular weight is 471 g/mol. The molecule has 0 bridgehead atoms. The van der Waals surface area contributed by atoms with Crippen molar-refractivity contribution in [2.24, 2.45) is 5.92 Å². The Morgan fingerprint density at radius 2 is 2.09 bits per heavy atom. The molecule has 1 fully saturated rings. The van der Waals surface area contributed by atoms with E-state index in [0.717, 1.165) is 53.3 Å². The summed E-state index contributed by atoms with van der Waals surface area (Å²) in [5.74, 6) is -0.266. The maximum absolute atomic E-state index is 13.8. The van der Waals surface area contributed by atoms with E-state index >= 15 is 0 Å². The van der Waals surface area contributed by atoms with E-state index in [2.05, 4.69) is 21.1 Å². The highest BCUT2D eigenvalue weighted by atomic mass is 35.5. The van der Waals surface area contributed by atoms with Crippen molar-refractivity contribution in [2.75, 3.05) is 23.7 Å². The second-order valence-electron chi connectivity index (χ2n) is 8.64. The number of benzene rings is 2. The summed E-state index contributed by atoms with van der Waals surface area (Å²) in [5, 5.41) is 14.1. The van der Waals surface area contributed by atoms with Crippen LogP contribution in [0.3, 0.4) is 0 Å². The molecule has 3 N–H and O–H groups in total. The van der Waals surface area contributed by atoms with Crippen LogP contribution < -0.4 is 16.0 Å². The zero-order valence-corrected chi connectivity index (χ0v) is 19.7. The molecule has 8 heteroatoms. The van der Waals surface area contributed by atoms with Crippen molar-refractivity contribution >= 4 is 28.9 Å². The van der Waals surface area contributed by atoms with Gasteiger partial charge in [-0.1, -0.05) is 35.8 Å². The number of hydrogen-bond acceptors (Lipinski definition) is 5. The topological polar surface area (TPSA) is 79.2 Å². The van der Waals surface area contributed by atoms with Crippen molar-refractivity contribution in [1.82, 2.24) is 10.5 Å². The first-order valence-electron chi connectivity index (χ1n) is 11.1. The number of nitrogens with one attached hydrogen (secondary N) is 3. The molecule has 0 spiro atoms. The zero-order chi connectivity index (χ0) is 23.5. The molecule has 1 aromatic heterocycles. The summed E-state index contributed by atoms with van der Waals surface area (Å²) >= 11 is 5.78. The van der Waals surface area contributed by atoms with Gasteiger partial charge < -0.3 is 20.5 Å². The van der Waals surface area contributed by atoms with E-state index in [4.69, 9.17) is 16.1 Å². The number of aryl methyl sites for hydroxylation is 2. The summed E-state index contributed by atoms with van der Waals surface area (Å²) in [6, 6.07) is 10.9. The minimum atomic E-state index is -0.481. The Morgan fingerprint density at radius 3 is 2.76 bits per heavy atom. The average Bonchev–Trinajstić information content (AvgIpc) is 3.41. The maximum atomic E-state index is 13.8. The quantitative estimate of drug-likeness (QED) is 0.434. The van der Waals surface area contributed by atoms with Crippen LogP contribution in [0.2, 0.25) is 5.02 Å². The van der Waals surface area contributed by atoms with E-state index in [0.29, 0.717) is 18.2 Å². The van der Waals surface area contributed by atoms with Crippen molar-refractivity contribution in [1.29, 1.82) is 0 Å². The van der Waals surface area contributed by atoms with Crippen LogP contribution in [-0.2, 0) is 11.2 Å². The molecule has 0 aliphatic carbocycles. The Balaban J connectivity index is 1.58. The van der Waals surface area contributed by atoms with Crippen LogP contribution in [-0.4, -0.2) is 30.2 Å². The fourth-order valence-electron chi connectivity index (χ4n) is 4.19. The molecule has 3 aromatic rings. The summed E-state index contributed by atoms with van der Waals surface area (Å²) in [4.78, 5) is 13.1. The zero-order valence-electron chi connectivity index (χ0n) is 19.0. The van der Waals surface area contributed by atoms with Crippen LogP contribution in [0.5, 0.6) is 0 Å². The van der Waals surface area contributed by atoms with Gasteiger partial charge in [-0.05, 0) is 68.6 Å². The van der Waals surface area contributed by atoms with Crippen molar-refractivity contribution < 1.29 is 13.7 Å². The van der Waals surface area contributed by atoms with E-state index in [1.54, 1.807) is 6.07 Å². The predicted molar refractivity (Wildman–Crippen MR) is 129 cm³/mol. The standard InChI is InChI=1S/C25H28ClFN4O2/c1-14(10-17-4-6-20(26)21(27)11-17)25(32)30-23-12-18(24-15(2)31-33-16(24)3)5-7-22(23)29-19-8-9-28-13-19/h4-7,11-12,14,19,28-29H,8-10,13H2,1-3H3,(H,30,32)/t14-,19-/m1/s1. The number of nitrogens with zero attached hydrogens (tertiary/aromatic N) is 1. The number of carbonyl (C=O) groups is 1. The molecule has 1 aliphatic rings. The molecule has 2 atom stereocenters. The van der Waals surface area contributed by atoms with Crippen LogP contribution in [0.15, 0.2) is 40.9 Å². The summed E-state index contributed by atoms with van der Waals surface area (Å²) in [5.41, 5.74) is 4.91. The van der Waals surface area contributed by atoms with Crippen LogP contribution in [0.25, 0.3) is 11.1 Å². The SMILES string of the molecule is Cc1noc(C)c1-c1ccc(N[C@@H]2CCNC2)c(NC(=O)[C@H](C)Cc2ccc(Cl)c(F)c2)c1. The van der Waals surface area contributed by atoms with Gasteiger partial charge in [-0.25, -0.2) is 4.39 Å². The molecule has 0 radical (unpaired) electrons. The van der Waals surface area contributed by atoms with Crippen molar-refractivity contribution in [2.45, 2.75) is 39.7 Å². The molecule has 6 nitrogen and oxygen atoms in total. The highest BCUT2D eigenvalue weighted by Crippen LogP contribution is 2.33. The number of aromatic nitrogens is 1. The number of halogens is 2. The van der Waals surface area contributed by atoms with E-state index in [1.165, 1.54) is 12.1 Å². The molecule has 2 heterocycles.